The van der Waals surface area contributed by atoms with Gasteiger partial charge in [0.15, 0.2) is 23.7 Å². The highest BCUT2D eigenvalue weighted by atomic mass is 19.3. The van der Waals surface area contributed by atoms with Gasteiger partial charge in [-0.05, 0) is 0 Å². The zero-order valence-corrected chi connectivity index (χ0v) is 10.0. The van der Waals surface area contributed by atoms with Crippen LogP contribution < -0.4 is 4.57 Å². The lowest BCUT2D eigenvalue weighted by Gasteiger charge is -2.06. The molecule has 0 aliphatic rings. The van der Waals surface area contributed by atoms with Gasteiger partial charge < -0.3 is 9.84 Å². The highest BCUT2D eigenvalue weighted by Crippen LogP contribution is 2.13. The normalized spacial score (nSPS) is 12.0. The highest BCUT2D eigenvalue weighted by molar-refractivity contribution is 6.17. The molecule has 0 aromatic carbocycles. The van der Waals surface area contributed by atoms with Crippen LogP contribution >= 0.6 is 0 Å². The summed E-state index contributed by atoms with van der Waals surface area (Å²) in [6, 6.07) is 4.96. The Kier molecular flexibility index (Phi) is 5.11. The average Bonchev–Trinajstić information content (AvgIpc) is 2.39. The lowest BCUT2D eigenvalue weighted by molar-refractivity contribution is -0.684. The second kappa shape index (κ2) is 6.58. The van der Waals surface area contributed by atoms with Crippen LogP contribution in [-0.2, 0) is 20.9 Å². The minimum atomic E-state index is -3.32. The van der Waals surface area contributed by atoms with E-state index in [9.17, 15) is 18.4 Å². The summed E-state index contributed by atoms with van der Waals surface area (Å²) in [5, 5.41) is 9.13. The van der Waals surface area contributed by atoms with E-state index in [1.165, 1.54) is 17.0 Å². The van der Waals surface area contributed by atoms with Crippen LogP contribution in [0.5, 0.6) is 0 Å². The first-order valence-electron chi connectivity index (χ1n) is 5.24. The molecule has 0 aliphatic heterocycles. The zero-order chi connectivity index (χ0) is 14.4. The van der Waals surface area contributed by atoms with Crippen molar-refractivity contribution in [3.05, 3.63) is 41.9 Å². The number of methoxy groups -OCH3 is 1. The van der Waals surface area contributed by atoms with Gasteiger partial charge in [0.25, 0.3) is 6.43 Å². The fourth-order valence-corrected chi connectivity index (χ4v) is 1.36. The van der Waals surface area contributed by atoms with Gasteiger partial charge in [0.2, 0.25) is 12.3 Å². The number of ether oxygens (including phenoxy) is 1. The second-order valence-corrected chi connectivity index (χ2v) is 3.52. The van der Waals surface area contributed by atoms with Gasteiger partial charge in [0.05, 0.1) is 7.11 Å². The van der Waals surface area contributed by atoms with E-state index in [-0.39, 0.29) is 6.54 Å². The summed E-state index contributed by atoms with van der Waals surface area (Å²) in [7, 11) is 0.935. The standard InChI is InChI=1S/C12H11F2NO4/c1-19-12(18)9(10(17)11(13)14)8(16)7-15-5-3-2-4-6-15/h2-6,11H,7H2,1H3/p+1. The van der Waals surface area contributed by atoms with Crippen molar-refractivity contribution in [2.75, 3.05) is 7.11 Å². The number of alkyl halides is 2. The summed E-state index contributed by atoms with van der Waals surface area (Å²) in [4.78, 5) is 23.1. The van der Waals surface area contributed by atoms with Crippen LogP contribution in [0.25, 0.3) is 0 Å². The largest absolute Gasteiger partial charge is 0.506 e. The second-order valence-electron chi connectivity index (χ2n) is 3.52. The molecule has 0 fully saturated rings. The molecule has 0 radical (unpaired) electrons. The van der Waals surface area contributed by atoms with Crippen LogP contribution in [-0.4, -0.2) is 30.4 Å². The first-order chi connectivity index (χ1) is 8.97. The van der Waals surface area contributed by atoms with Gasteiger partial charge in [-0.25, -0.2) is 13.6 Å². The van der Waals surface area contributed by atoms with Crippen molar-refractivity contribution in [2.24, 2.45) is 0 Å². The minimum Gasteiger partial charge on any atom is -0.506 e. The summed E-state index contributed by atoms with van der Waals surface area (Å²) in [5.74, 6) is -3.83. The smallest absolute Gasteiger partial charge is 0.345 e. The first kappa shape index (κ1) is 14.7. The Hall–Kier alpha value is -2.31. The van der Waals surface area contributed by atoms with Crippen LogP contribution in [0.4, 0.5) is 8.78 Å². The monoisotopic (exact) mass is 272 g/mol. The van der Waals surface area contributed by atoms with Crippen molar-refractivity contribution >= 4 is 11.8 Å². The number of hydrogen-bond acceptors (Lipinski definition) is 4. The molecule has 102 valence electrons. The third-order valence-electron chi connectivity index (χ3n) is 2.23. The van der Waals surface area contributed by atoms with Crippen molar-refractivity contribution < 1.29 is 32.8 Å². The van der Waals surface area contributed by atoms with Gasteiger partial charge in [0.1, 0.15) is 0 Å². The Morgan fingerprint density at radius 1 is 1.26 bits per heavy atom. The molecule has 0 amide bonds. The number of rotatable bonds is 5. The third-order valence-corrected chi connectivity index (χ3v) is 2.23. The van der Waals surface area contributed by atoms with E-state index >= 15 is 0 Å². The Bertz CT molecular complexity index is 500. The predicted octanol–water partition coefficient (Wildman–Crippen LogP) is 0.793. The number of aliphatic hydroxyl groups excluding tert-OH is 1. The Balaban J connectivity index is 3.03. The van der Waals surface area contributed by atoms with Crippen LogP contribution in [0, 0.1) is 0 Å². The van der Waals surface area contributed by atoms with E-state index in [2.05, 4.69) is 4.74 Å². The summed E-state index contributed by atoms with van der Waals surface area (Å²) < 4.78 is 30.4. The summed E-state index contributed by atoms with van der Waals surface area (Å²) in [6.07, 6.45) is -0.280. The average molecular weight is 272 g/mol. The highest BCUT2D eigenvalue weighted by Gasteiger charge is 2.30. The van der Waals surface area contributed by atoms with Gasteiger partial charge in [0, 0.05) is 12.1 Å². The van der Waals surface area contributed by atoms with Crippen molar-refractivity contribution in [1.29, 1.82) is 0 Å². The van der Waals surface area contributed by atoms with Crippen LogP contribution in [0.3, 0.4) is 0 Å². The maximum atomic E-state index is 12.4. The number of carbonyl (C=O) groups is 2. The molecule has 0 bridgehead atoms. The number of hydrogen-bond donors (Lipinski definition) is 1. The molecule has 1 N–H and O–H groups in total. The van der Waals surface area contributed by atoms with Gasteiger partial charge in [-0.15, -0.1) is 0 Å². The number of ketones is 1. The van der Waals surface area contributed by atoms with Crippen LogP contribution in [0.1, 0.15) is 0 Å². The number of aliphatic hydroxyl groups is 1. The quantitative estimate of drug-likeness (QED) is 0.215. The van der Waals surface area contributed by atoms with E-state index in [0.29, 0.717) is 0 Å². The molecular weight excluding hydrogens is 260 g/mol. The van der Waals surface area contributed by atoms with Gasteiger partial charge in [-0.1, -0.05) is 6.07 Å². The molecular formula is C12H12F2NO4+. The number of halogens is 2. The van der Waals surface area contributed by atoms with Gasteiger partial charge in [-0.3, -0.25) is 4.79 Å². The maximum absolute atomic E-state index is 12.4. The molecule has 0 saturated carbocycles. The van der Waals surface area contributed by atoms with E-state index in [1.807, 2.05) is 0 Å². The zero-order valence-electron chi connectivity index (χ0n) is 10.0. The molecule has 7 heteroatoms. The SMILES string of the molecule is COC(=O)/C(C(=O)C[n+]1ccccc1)=C(\O)C(F)F. The Labute approximate surface area is 107 Å². The van der Waals surface area contributed by atoms with Crippen molar-refractivity contribution in [3.63, 3.8) is 0 Å². The number of esters is 1. The molecule has 5 nitrogen and oxygen atoms in total. The number of allylic oxidation sites excluding steroid dienone is 1. The molecule has 1 aromatic rings. The molecule has 0 aliphatic carbocycles. The van der Waals surface area contributed by atoms with Crippen LogP contribution in [0.2, 0.25) is 0 Å². The number of pyridine rings is 1. The minimum absolute atomic E-state index is 0.359. The Morgan fingerprint density at radius 3 is 2.32 bits per heavy atom. The van der Waals surface area contributed by atoms with Crippen LogP contribution in [0.15, 0.2) is 41.9 Å². The molecule has 1 aromatic heterocycles. The first-order valence-corrected chi connectivity index (χ1v) is 5.24. The third kappa shape index (κ3) is 3.84. The molecule has 0 atom stereocenters. The van der Waals surface area contributed by atoms with E-state index in [1.54, 1.807) is 18.2 Å². The molecule has 1 rings (SSSR count). The van der Waals surface area contributed by atoms with Gasteiger partial charge >= 0.3 is 5.97 Å². The maximum Gasteiger partial charge on any atom is 0.345 e. The van der Waals surface area contributed by atoms with E-state index in [0.717, 1.165) is 7.11 Å². The lowest BCUT2D eigenvalue weighted by atomic mass is 10.1. The van der Waals surface area contributed by atoms with Crippen molar-refractivity contribution in [1.82, 2.24) is 0 Å². The fourth-order valence-electron chi connectivity index (χ4n) is 1.36. The predicted molar refractivity (Wildman–Crippen MR) is 59.3 cm³/mol. The van der Waals surface area contributed by atoms with Gasteiger partial charge in [-0.2, -0.15) is 4.57 Å². The summed E-state index contributed by atoms with van der Waals surface area (Å²) in [6.45, 7) is -0.359. The topological polar surface area (TPSA) is 67.5 Å². The fraction of sp³-hybridized carbons (Fsp3) is 0.250. The molecule has 0 saturated heterocycles. The van der Waals surface area contributed by atoms with E-state index in [4.69, 9.17) is 5.11 Å². The summed E-state index contributed by atoms with van der Waals surface area (Å²) >= 11 is 0. The molecule has 19 heavy (non-hydrogen) atoms. The molecule has 0 unspecified atom stereocenters. The number of aromatic nitrogens is 1. The van der Waals surface area contributed by atoms with Crippen molar-refractivity contribution in [3.8, 4) is 0 Å². The number of carbonyl (C=O) groups excluding carboxylic acids is 2. The van der Waals surface area contributed by atoms with E-state index < -0.39 is 29.5 Å². The van der Waals surface area contributed by atoms with Crippen molar-refractivity contribution in [2.45, 2.75) is 13.0 Å². The number of Topliss-reactive ketones (excluding diaryl/α,β-unsaturated/α-hetero) is 1. The molecule has 0 spiro atoms. The lowest BCUT2D eigenvalue weighted by Crippen LogP contribution is -2.39. The number of nitrogens with zero attached hydrogens (tertiary/aromatic N) is 1. The summed E-state index contributed by atoms with van der Waals surface area (Å²) in [5.41, 5.74) is -1.03. The molecule has 1 heterocycles. The Morgan fingerprint density at radius 2 is 1.84 bits per heavy atom.